The minimum Gasteiger partial charge on any atom is -0.468 e. The van der Waals surface area contributed by atoms with Crippen molar-refractivity contribution < 1.29 is 17.6 Å². The molecule has 5 nitrogen and oxygen atoms in total. The first kappa shape index (κ1) is 20.6. The molecular weight excluding hydrogens is 374 g/mol. The van der Waals surface area contributed by atoms with Gasteiger partial charge in [0, 0.05) is 12.5 Å². The summed E-state index contributed by atoms with van der Waals surface area (Å²) < 4.78 is 32.0. The van der Waals surface area contributed by atoms with E-state index in [-0.39, 0.29) is 23.3 Å². The summed E-state index contributed by atoms with van der Waals surface area (Å²) in [6, 6.07) is 10.3. The predicted molar refractivity (Wildman–Crippen MR) is 109 cm³/mol. The lowest BCUT2D eigenvalue weighted by Crippen LogP contribution is -2.36. The molecule has 1 aliphatic rings. The highest BCUT2D eigenvalue weighted by molar-refractivity contribution is 7.91. The van der Waals surface area contributed by atoms with Crippen LogP contribution in [0.4, 0.5) is 0 Å². The van der Waals surface area contributed by atoms with Crippen LogP contribution in [0.3, 0.4) is 0 Å². The lowest BCUT2D eigenvalue weighted by Gasteiger charge is -2.22. The third kappa shape index (κ3) is 4.66. The summed E-state index contributed by atoms with van der Waals surface area (Å²) in [5.41, 5.74) is 1.08. The second kappa shape index (κ2) is 8.95. The Labute approximate surface area is 167 Å². The van der Waals surface area contributed by atoms with E-state index >= 15 is 0 Å². The van der Waals surface area contributed by atoms with Gasteiger partial charge in [-0.3, -0.25) is 4.79 Å². The van der Waals surface area contributed by atoms with Crippen molar-refractivity contribution in [3.05, 3.63) is 54.0 Å². The van der Waals surface area contributed by atoms with Crippen LogP contribution in [0, 0.1) is 5.92 Å². The maximum Gasteiger partial charge on any atom is 0.223 e. The highest BCUT2D eigenvalue weighted by Crippen LogP contribution is 2.30. The van der Waals surface area contributed by atoms with Crippen LogP contribution in [0.1, 0.15) is 68.4 Å². The Balaban J connectivity index is 1.80. The number of carbonyl (C=O) groups excluding carboxylic acids is 1. The standard InChI is InChI=1S/C22H29NO4S/c1-16(2)17-10-12-19(13-11-17)28(25,26)21(20-9-6-14-27-20)15-23-22(24)18-7-4-3-5-8-18/h6,9-14,16,18,21H,3-5,7-8,15H2,1-2H3,(H,23,24)/t21-/m0/s1. The van der Waals surface area contributed by atoms with Crippen molar-refractivity contribution in [2.75, 3.05) is 6.54 Å². The molecule has 1 amide bonds. The minimum atomic E-state index is -3.70. The number of carbonyl (C=O) groups is 1. The molecular formula is C22H29NO4S. The van der Waals surface area contributed by atoms with E-state index < -0.39 is 15.1 Å². The molecule has 1 aliphatic carbocycles. The zero-order chi connectivity index (χ0) is 20.1. The number of rotatable bonds is 7. The number of amides is 1. The van der Waals surface area contributed by atoms with Crippen molar-refractivity contribution in [1.82, 2.24) is 5.32 Å². The Kier molecular flexibility index (Phi) is 6.60. The molecule has 6 heteroatoms. The van der Waals surface area contributed by atoms with E-state index in [0.29, 0.717) is 11.7 Å². The summed E-state index contributed by atoms with van der Waals surface area (Å²) in [7, 11) is -3.70. The highest BCUT2D eigenvalue weighted by atomic mass is 32.2. The molecule has 0 saturated heterocycles. The molecule has 1 aromatic heterocycles. The molecule has 0 bridgehead atoms. The van der Waals surface area contributed by atoms with Crippen LogP contribution < -0.4 is 5.32 Å². The van der Waals surface area contributed by atoms with E-state index in [1.165, 1.54) is 12.7 Å². The number of hydrogen-bond acceptors (Lipinski definition) is 4. The summed E-state index contributed by atoms with van der Waals surface area (Å²) in [6.45, 7) is 4.14. The molecule has 1 heterocycles. The summed E-state index contributed by atoms with van der Waals surface area (Å²) in [5, 5.41) is 1.92. The Morgan fingerprint density at radius 1 is 1.11 bits per heavy atom. The molecule has 2 aromatic rings. The zero-order valence-electron chi connectivity index (χ0n) is 16.6. The summed E-state index contributed by atoms with van der Waals surface area (Å²) in [6.07, 6.45) is 6.49. The van der Waals surface area contributed by atoms with Crippen LogP contribution in [0.5, 0.6) is 0 Å². The summed E-state index contributed by atoms with van der Waals surface area (Å²) >= 11 is 0. The van der Waals surface area contributed by atoms with Crippen molar-refractivity contribution in [1.29, 1.82) is 0 Å². The second-order valence-corrected chi connectivity index (χ2v) is 9.98. The Morgan fingerprint density at radius 3 is 2.36 bits per heavy atom. The van der Waals surface area contributed by atoms with Gasteiger partial charge in [0.15, 0.2) is 9.84 Å². The number of sulfone groups is 1. The fourth-order valence-electron chi connectivity index (χ4n) is 3.75. The summed E-state index contributed by atoms with van der Waals surface area (Å²) in [4.78, 5) is 12.8. The first-order valence-corrected chi connectivity index (χ1v) is 11.6. The van der Waals surface area contributed by atoms with Gasteiger partial charge in [-0.05, 0) is 48.6 Å². The third-order valence-electron chi connectivity index (χ3n) is 5.55. The van der Waals surface area contributed by atoms with Crippen LogP contribution in [0.2, 0.25) is 0 Å². The van der Waals surface area contributed by atoms with Gasteiger partial charge in [0.25, 0.3) is 0 Å². The lowest BCUT2D eigenvalue weighted by atomic mass is 9.89. The number of hydrogen-bond donors (Lipinski definition) is 1. The average Bonchev–Trinajstić information content (AvgIpc) is 3.23. The van der Waals surface area contributed by atoms with Crippen molar-refractivity contribution in [2.45, 2.75) is 62.0 Å². The van der Waals surface area contributed by atoms with E-state index in [9.17, 15) is 13.2 Å². The van der Waals surface area contributed by atoms with Gasteiger partial charge in [-0.2, -0.15) is 0 Å². The first-order valence-electron chi connectivity index (χ1n) is 10.0. The molecule has 152 valence electrons. The number of nitrogens with one attached hydrogen (secondary N) is 1. The molecule has 0 radical (unpaired) electrons. The van der Waals surface area contributed by atoms with Crippen molar-refractivity contribution in [2.24, 2.45) is 5.92 Å². The van der Waals surface area contributed by atoms with Crippen molar-refractivity contribution in [3.63, 3.8) is 0 Å². The zero-order valence-corrected chi connectivity index (χ0v) is 17.4. The van der Waals surface area contributed by atoms with Crippen LogP contribution in [0.25, 0.3) is 0 Å². The molecule has 1 aromatic carbocycles. The van der Waals surface area contributed by atoms with Gasteiger partial charge < -0.3 is 9.73 Å². The fraction of sp³-hybridized carbons (Fsp3) is 0.500. The summed E-state index contributed by atoms with van der Waals surface area (Å²) in [5.74, 6) is 0.602. The minimum absolute atomic E-state index is 0.0110. The monoisotopic (exact) mass is 403 g/mol. The SMILES string of the molecule is CC(C)c1ccc(S(=O)(=O)[C@@H](CNC(=O)C2CCCCC2)c2ccco2)cc1. The van der Waals surface area contributed by atoms with Crippen LogP contribution in [-0.2, 0) is 14.6 Å². The number of furan rings is 1. The van der Waals surface area contributed by atoms with Gasteiger partial charge >= 0.3 is 0 Å². The Hall–Kier alpha value is -2.08. The average molecular weight is 404 g/mol. The molecule has 0 aliphatic heterocycles. The maximum absolute atomic E-state index is 13.3. The van der Waals surface area contributed by atoms with Crippen LogP contribution >= 0.6 is 0 Å². The molecule has 1 saturated carbocycles. The topological polar surface area (TPSA) is 76.4 Å². The van der Waals surface area contributed by atoms with Gasteiger partial charge in [-0.15, -0.1) is 0 Å². The van der Waals surface area contributed by atoms with E-state index in [1.807, 2.05) is 12.1 Å². The van der Waals surface area contributed by atoms with Gasteiger partial charge in [0.1, 0.15) is 11.0 Å². The highest BCUT2D eigenvalue weighted by Gasteiger charge is 2.32. The van der Waals surface area contributed by atoms with Crippen LogP contribution in [0.15, 0.2) is 52.0 Å². The smallest absolute Gasteiger partial charge is 0.223 e. The molecule has 0 unspecified atom stereocenters. The molecule has 1 atom stereocenters. The van der Waals surface area contributed by atoms with Crippen molar-refractivity contribution >= 4 is 15.7 Å². The normalized spacial score (nSPS) is 16.8. The van der Waals surface area contributed by atoms with E-state index in [2.05, 4.69) is 19.2 Å². The predicted octanol–water partition coefficient (Wildman–Crippen LogP) is 4.61. The van der Waals surface area contributed by atoms with E-state index in [4.69, 9.17) is 4.42 Å². The van der Waals surface area contributed by atoms with E-state index in [0.717, 1.165) is 31.2 Å². The van der Waals surface area contributed by atoms with E-state index in [1.54, 1.807) is 24.3 Å². The van der Waals surface area contributed by atoms with Crippen LogP contribution in [-0.4, -0.2) is 20.9 Å². The molecule has 3 rings (SSSR count). The largest absolute Gasteiger partial charge is 0.468 e. The lowest BCUT2D eigenvalue weighted by molar-refractivity contribution is -0.125. The molecule has 28 heavy (non-hydrogen) atoms. The second-order valence-electron chi connectivity index (χ2n) is 7.85. The van der Waals surface area contributed by atoms with Gasteiger partial charge in [-0.1, -0.05) is 45.2 Å². The molecule has 1 fully saturated rings. The Bertz CT molecular complexity index is 864. The third-order valence-corrected chi connectivity index (χ3v) is 7.63. The Morgan fingerprint density at radius 2 is 1.79 bits per heavy atom. The van der Waals surface area contributed by atoms with Gasteiger partial charge in [0.05, 0.1) is 11.2 Å². The van der Waals surface area contributed by atoms with Gasteiger partial charge in [0.2, 0.25) is 5.91 Å². The van der Waals surface area contributed by atoms with Gasteiger partial charge in [-0.25, -0.2) is 8.42 Å². The molecule has 1 N–H and O–H groups in total. The fourth-order valence-corrected chi connectivity index (χ4v) is 5.33. The first-order chi connectivity index (χ1) is 13.4. The molecule has 0 spiro atoms. The number of benzene rings is 1. The maximum atomic E-state index is 13.3. The quantitative estimate of drug-likeness (QED) is 0.732. The van der Waals surface area contributed by atoms with Crippen molar-refractivity contribution in [3.8, 4) is 0 Å².